The highest BCUT2D eigenvalue weighted by Crippen LogP contribution is 2.19. The third kappa shape index (κ3) is 3.32. The van der Waals surface area contributed by atoms with E-state index in [0.29, 0.717) is 0 Å². The van der Waals surface area contributed by atoms with Crippen LogP contribution >= 0.6 is 34.5 Å². The lowest BCUT2D eigenvalue weighted by Gasteiger charge is -2.24. The fourth-order valence-corrected chi connectivity index (χ4v) is 3.86. The monoisotopic (exact) mass is 287 g/mol. The second-order valence-electron chi connectivity index (χ2n) is 3.37. The second-order valence-corrected chi connectivity index (χ2v) is 6.76. The minimum atomic E-state index is -3.50. The number of hydrogen-bond acceptors (Lipinski definition) is 3. The van der Waals surface area contributed by atoms with Crippen LogP contribution in [0.25, 0.3) is 0 Å². The zero-order chi connectivity index (χ0) is 11.5. The molecule has 0 fully saturated rings. The van der Waals surface area contributed by atoms with Crippen LogP contribution in [0.2, 0.25) is 0 Å². The van der Waals surface area contributed by atoms with Gasteiger partial charge in [0.25, 0.3) is 10.0 Å². The van der Waals surface area contributed by atoms with E-state index in [1.54, 1.807) is 18.4 Å². The Bertz CT molecular complexity index is 398. The van der Waals surface area contributed by atoms with E-state index in [2.05, 4.69) is 4.72 Å². The first kappa shape index (κ1) is 13.3. The highest BCUT2D eigenvalue weighted by atomic mass is 35.5. The fourth-order valence-electron chi connectivity index (χ4n) is 0.881. The normalized spacial score (nSPS) is 13.0. The van der Waals surface area contributed by atoms with Gasteiger partial charge in [0.2, 0.25) is 0 Å². The first-order valence-electron chi connectivity index (χ1n) is 4.13. The minimum Gasteiger partial charge on any atom is -0.206 e. The molecule has 1 rings (SSSR count). The Hall–Kier alpha value is 0.190. The van der Waals surface area contributed by atoms with Crippen LogP contribution in [0.4, 0.5) is 0 Å². The van der Waals surface area contributed by atoms with Crippen molar-refractivity contribution >= 4 is 44.6 Å². The van der Waals surface area contributed by atoms with Crippen molar-refractivity contribution < 1.29 is 8.42 Å². The summed E-state index contributed by atoms with van der Waals surface area (Å²) in [6, 6.07) is 3.22. The van der Waals surface area contributed by atoms with Crippen molar-refractivity contribution in [2.45, 2.75) is 16.7 Å². The van der Waals surface area contributed by atoms with Gasteiger partial charge in [-0.1, -0.05) is 6.07 Å². The van der Waals surface area contributed by atoms with Crippen molar-refractivity contribution in [3.63, 3.8) is 0 Å². The van der Waals surface area contributed by atoms with E-state index >= 15 is 0 Å². The lowest BCUT2D eigenvalue weighted by Crippen LogP contribution is -2.48. The maximum atomic E-state index is 11.8. The molecule has 0 saturated heterocycles. The molecule has 0 aromatic carbocycles. The van der Waals surface area contributed by atoms with Gasteiger partial charge in [0.1, 0.15) is 4.21 Å². The van der Waals surface area contributed by atoms with Crippen molar-refractivity contribution in [2.75, 3.05) is 11.8 Å². The third-order valence-corrected chi connectivity index (χ3v) is 5.95. The number of alkyl halides is 2. The lowest BCUT2D eigenvalue weighted by atomic mass is 10.1. The Morgan fingerprint density at radius 2 is 2.07 bits per heavy atom. The van der Waals surface area contributed by atoms with E-state index in [-0.39, 0.29) is 16.0 Å². The van der Waals surface area contributed by atoms with Crippen LogP contribution in [0.1, 0.15) is 6.92 Å². The van der Waals surface area contributed by atoms with Crippen molar-refractivity contribution in [1.82, 2.24) is 4.72 Å². The average molecular weight is 288 g/mol. The topological polar surface area (TPSA) is 46.2 Å². The summed E-state index contributed by atoms with van der Waals surface area (Å²) in [4.78, 5) is 0. The zero-order valence-corrected chi connectivity index (χ0v) is 11.2. The van der Waals surface area contributed by atoms with E-state index in [1.165, 1.54) is 6.07 Å². The molecule has 0 bridgehead atoms. The van der Waals surface area contributed by atoms with Crippen LogP contribution in [0.5, 0.6) is 0 Å². The van der Waals surface area contributed by atoms with Crippen LogP contribution in [0, 0.1) is 0 Å². The Kier molecular flexibility index (Phi) is 4.43. The summed E-state index contributed by atoms with van der Waals surface area (Å²) in [5.41, 5.74) is -0.814. The van der Waals surface area contributed by atoms with Gasteiger partial charge in [0, 0.05) is 11.8 Å². The van der Waals surface area contributed by atoms with Gasteiger partial charge < -0.3 is 0 Å². The molecule has 7 heteroatoms. The molecule has 0 aliphatic carbocycles. The summed E-state index contributed by atoms with van der Waals surface area (Å²) in [7, 11) is -3.50. The molecule has 0 aliphatic rings. The maximum absolute atomic E-state index is 11.8. The van der Waals surface area contributed by atoms with Gasteiger partial charge in [-0.15, -0.1) is 34.5 Å². The molecule has 86 valence electrons. The van der Waals surface area contributed by atoms with Gasteiger partial charge in [0.15, 0.2) is 0 Å². The molecule has 1 aromatic rings. The van der Waals surface area contributed by atoms with E-state index in [0.717, 1.165) is 11.3 Å². The standard InChI is InChI=1S/C8H11Cl2NO2S2/c1-8(5-9,6-10)11-15(12,13)7-3-2-4-14-7/h2-4,11H,5-6H2,1H3. The van der Waals surface area contributed by atoms with Crippen LogP contribution < -0.4 is 4.72 Å². The number of sulfonamides is 1. The summed E-state index contributed by atoms with van der Waals surface area (Å²) in [5, 5.41) is 1.70. The quantitative estimate of drug-likeness (QED) is 0.845. The smallest absolute Gasteiger partial charge is 0.206 e. The molecular weight excluding hydrogens is 277 g/mol. The second kappa shape index (κ2) is 5.01. The van der Waals surface area contributed by atoms with Crippen molar-refractivity contribution in [2.24, 2.45) is 0 Å². The molecule has 1 aromatic heterocycles. The highest BCUT2D eigenvalue weighted by Gasteiger charge is 2.29. The molecule has 0 aliphatic heterocycles. The predicted molar refractivity (Wildman–Crippen MR) is 64.5 cm³/mol. The number of hydrogen-bond donors (Lipinski definition) is 1. The summed E-state index contributed by atoms with van der Waals surface area (Å²) in [6.07, 6.45) is 0. The van der Waals surface area contributed by atoms with Crippen LogP contribution in [-0.4, -0.2) is 25.7 Å². The Labute approximate surface area is 103 Å². The summed E-state index contributed by atoms with van der Waals surface area (Å²) in [6.45, 7) is 1.66. The first-order valence-corrected chi connectivity index (χ1v) is 7.56. The molecular formula is C8H11Cl2NO2S2. The molecule has 1 N–H and O–H groups in total. The molecule has 0 saturated carbocycles. The highest BCUT2D eigenvalue weighted by molar-refractivity contribution is 7.91. The predicted octanol–water partition coefficient (Wildman–Crippen LogP) is 2.26. The van der Waals surface area contributed by atoms with Gasteiger partial charge in [-0.3, -0.25) is 0 Å². The van der Waals surface area contributed by atoms with E-state index in [9.17, 15) is 8.42 Å². The molecule has 0 amide bonds. The van der Waals surface area contributed by atoms with Gasteiger partial charge in [-0.25, -0.2) is 13.1 Å². The fraction of sp³-hybridized carbons (Fsp3) is 0.500. The Balaban J connectivity index is 2.91. The van der Waals surface area contributed by atoms with Crippen LogP contribution in [0.15, 0.2) is 21.7 Å². The lowest BCUT2D eigenvalue weighted by molar-refractivity contribution is 0.501. The Morgan fingerprint density at radius 1 is 1.47 bits per heavy atom. The van der Waals surface area contributed by atoms with Crippen molar-refractivity contribution in [3.8, 4) is 0 Å². The summed E-state index contributed by atoms with van der Waals surface area (Å²) in [5.74, 6) is 0.252. The Morgan fingerprint density at radius 3 is 2.47 bits per heavy atom. The van der Waals surface area contributed by atoms with E-state index in [1.807, 2.05) is 0 Å². The van der Waals surface area contributed by atoms with Crippen LogP contribution in [-0.2, 0) is 10.0 Å². The summed E-state index contributed by atoms with van der Waals surface area (Å²) >= 11 is 12.5. The third-order valence-electron chi connectivity index (χ3n) is 1.73. The number of halogens is 2. The molecule has 15 heavy (non-hydrogen) atoms. The maximum Gasteiger partial charge on any atom is 0.250 e. The zero-order valence-electron chi connectivity index (χ0n) is 8.04. The summed E-state index contributed by atoms with van der Waals surface area (Å²) < 4.78 is 26.4. The van der Waals surface area contributed by atoms with Crippen molar-refractivity contribution in [1.29, 1.82) is 0 Å². The van der Waals surface area contributed by atoms with Crippen LogP contribution in [0.3, 0.4) is 0 Å². The van der Waals surface area contributed by atoms with Crippen molar-refractivity contribution in [3.05, 3.63) is 17.5 Å². The largest absolute Gasteiger partial charge is 0.250 e. The van der Waals surface area contributed by atoms with E-state index in [4.69, 9.17) is 23.2 Å². The van der Waals surface area contributed by atoms with Gasteiger partial charge in [-0.05, 0) is 18.4 Å². The molecule has 0 radical (unpaired) electrons. The SMILES string of the molecule is CC(CCl)(CCl)NS(=O)(=O)c1cccs1. The molecule has 0 spiro atoms. The molecule has 1 heterocycles. The van der Waals surface area contributed by atoms with Gasteiger partial charge in [-0.2, -0.15) is 0 Å². The van der Waals surface area contributed by atoms with E-state index < -0.39 is 15.6 Å². The number of thiophene rings is 1. The average Bonchev–Trinajstić information content (AvgIpc) is 2.70. The number of rotatable bonds is 5. The molecule has 0 unspecified atom stereocenters. The number of nitrogens with one attached hydrogen (secondary N) is 1. The first-order chi connectivity index (χ1) is 6.93. The van der Waals surface area contributed by atoms with Gasteiger partial charge in [0.05, 0.1) is 5.54 Å². The molecule has 0 atom stereocenters. The minimum absolute atomic E-state index is 0.126. The molecule has 3 nitrogen and oxygen atoms in total. The van der Waals surface area contributed by atoms with Gasteiger partial charge >= 0.3 is 0 Å².